The molecule has 114 valence electrons. The topological polar surface area (TPSA) is 95.5 Å². The summed E-state index contributed by atoms with van der Waals surface area (Å²) in [6.07, 6.45) is 3.85. The van der Waals surface area contributed by atoms with E-state index in [4.69, 9.17) is 0 Å². The Kier molecular flexibility index (Phi) is 3.66. The van der Waals surface area contributed by atoms with Crippen LogP contribution in [-0.2, 0) is 9.84 Å². The minimum Gasteiger partial charge on any atom is -0.396 e. The summed E-state index contributed by atoms with van der Waals surface area (Å²) in [7, 11) is -2.97. The van der Waals surface area contributed by atoms with Gasteiger partial charge in [0.25, 0.3) is 0 Å². The summed E-state index contributed by atoms with van der Waals surface area (Å²) in [5.41, 5.74) is 0. The summed E-state index contributed by atoms with van der Waals surface area (Å²) < 4.78 is 22.7. The molecule has 2 bridgehead atoms. The smallest absolute Gasteiger partial charge is 0.315 e. The molecule has 0 aromatic heterocycles. The lowest BCUT2D eigenvalue weighted by molar-refractivity contribution is 0.144. The van der Waals surface area contributed by atoms with E-state index >= 15 is 0 Å². The van der Waals surface area contributed by atoms with Gasteiger partial charge in [-0.15, -0.1) is 0 Å². The molecule has 0 aromatic carbocycles. The van der Waals surface area contributed by atoms with Crippen molar-refractivity contribution in [3.8, 4) is 0 Å². The third kappa shape index (κ3) is 2.65. The fraction of sp³-hybridized carbons (Fsp3) is 0.923. The number of rotatable bonds is 3. The number of urea groups is 1. The number of aliphatic hydroxyl groups excluding tert-OH is 1. The molecule has 0 radical (unpaired) electrons. The van der Waals surface area contributed by atoms with Crippen molar-refractivity contribution in [1.82, 2.24) is 10.6 Å². The molecule has 1 heterocycles. The molecule has 0 unspecified atom stereocenters. The maximum Gasteiger partial charge on any atom is 0.315 e. The van der Waals surface area contributed by atoms with E-state index in [9.17, 15) is 18.3 Å². The van der Waals surface area contributed by atoms with Gasteiger partial charge in [0.2, 0.25) is 0 Å². The van der Waals surface area contributed by atoms with Crippen LogP contribution in [0.1, 0.15) is 25.7 Å². The Labute approximate surface area is 119 Å². The molecule has 0 spiro atoms. The molecule has 3 N–H and O–H groups in total. The van der Waals surface area contributed by atoms with E-state index in [-0.39, 0.29) is 42.1 Å². The molecule has 2 amide bonds. The Balaban J connectivity index is 1.54. The first kappa shape index (κ1) is 14.1. The van der Waals surface area contributed by atoms with Crippen LogP contribution in [0.3, 0.4) is 0 Å². The Hall–Kier alpha value is -0.820. The highest BCUT2D eigenvalue weighted by Gasteiger charge is 2.47. The summed E-state index contributed by atoms with van der Waals surface area (Å²) in [5, 5.41) is 15.2. The van der Waals surface area contributed by atoms with E-state index in [0.29, 0.717) is 18.3 Å². The van der Waals surface area contributed by atoms with Crippen molar-refractivity contribution in [3.05, 3.63) is 0 Å². The number of sulfone groups is 1. The molecule has 2 aliphatic carbocycles. The molecular weight excluding hydrogens is 280 g/mol. The first-order valence-corrected chi connectivity index (χ1v) is 9.19. The van der Waals surface area contributed by atoms with E-state index in [1.807, 2.05) is 0 Å². The fourth-order valence-corrected chi connectivity index (χ4v) is 5.86. The molecule has 6 nitrogen and oxygen atoms in total. The molecule has 20 heavy (non-hydrogen) atoms. The lowest BCUT2D eigenvalue weighted by Crippen LogP contribution is -2.51. The van der Waals surface area contributed by atoms with Crippen LogP contribution in [0.2, 0.25) is 0 Å². The highest BCUT2D eigenvalue weighted by Crippen LogP contribution is 2.48. The lowest BCUT2D eigenvalue weighted by atomic mass is 9.85. The monoisotopic (exact) mass is 302 g/mol. The van der Waals surface area contributed by atoms with Gasteiger partial charge in [-0.2, -0.15) is 0 Å². The van der Waals surface area contributed by atoms with Crippen LogP contribution >= 0.6 is 0 Å². The van der Waals surface area contributed by atoms with Gasteiger partial charge in [0.05, 0.1) is 11.5 Å². The summed E-state index contributed by atoms with van der Waals surface area (Å²) in [4.78, 5) is 12.0. The van der Waals surface area contributed by atoms with Crippen molar-refractivity contribution in [3.63, 3.8) is 0 Å². The fourth-order valence-electron chi connectivity index (χ4n) is 4.19. The van der Waals surface area contributed by atoms with E-state index in [1.165, 1.54) is 0 Å². The van der Waals surface area contributed by atoms with Gasteiger partial charge < -0.3 is 15.7 Å². The third-order valence-corrected chi connectivity index (χ3v) is 6.93. The molecule has 3 rings (SSSR count). The summed E-state index contributed by atoms with van der Waals surface area (Å²) >= 11 is 0. The Bertz CT molecular complexity index is 493. The van der Waals surface area contributed by atoms with Gasteiger partial charge in [0, 0.05) is 24.6 Å². The molecule has 1 aliphatic heterocycles. The Morgan fingerprint density at radius 1 is 1.15 bits per heavy atom. The van der Waals surface area contributed by atoms with Gasteiger partial charge >= 0.3 is 6.03 Å². The van der Waals surface area contributed by atoms with Crippen LogP contribution in [0.4, 0.5) is 4.79 Å². The highest BCUT2D eigenvalue weighted by molar-refractivity contribution is 7.91. The summed E-state index contributed by atoms with van der Waals surface area (Å²) in [6, 6.07) is -0.522. The van der Waals surface area contributed by atoms with Crippen LogP contribution in [0.25, 0.3) is 0 Å². The normalized spacial score (nSPS) is 41.8. The Morgan fingerprint density at radius 2 is 1.90 bits per heavy atom. The second kappa shape index (κ2) is 5.18. The van der Waals surface area contributed by atoms with Crippen molar-refractivity contribution >= 4 is 15.9 Å². The van der Waals surface area contributed by atoms with Gasteiger partial charge in [-0.1, -0.05) is 0 Å². The number of fused-ring (bicyclic) bond motifs is 2. The number of carbonyl (C=O) groups excluding carboxylic acids is 1. The number of aliphatic hydroxyl groups is 1. The first-order valence-electron chi connectivity index (χ1n) is 7.37. The lowest BCUT2D eigenvalue weighted by Gasteiger charge is -2.30. The summed E-state index contributed by atoms with van der Waals surface area (Å²) in [6.45, 7) is 0.115. The highest BCUT2D eigenvalue weighted by atomic mass is 32.2. The van der Waals surface area contributed by atoms with Crippen LogP contribution in [0.15, 0.2) is 0 Å². The van der Waals surface area contributed by atoms with Gasteiger partial charge in [0.15, 0.2) is 9.84 Å². The standard InChI is InChI=1S/C13H22N2O4S/c16-6-11-8-1-2-9(5-8)12(11)15-13(17)14-10-3-4-20(18,19)7-10/h8-12,16H,1-7H2,(H2,14,15,17)/t8-,9-,10+,11-,12+/m0/s1. The van der Waals surface area contributed by atoms with Crippen LogP contribution < -0.4 is 10.6 Å². The largest absolute Gasteiger partial charge is 0.396 e. The van der Waals surface area contributed by atoms with Gasteiger partial charge in [-0.3, -0.25) is 0 Å². The second-order valence-corrected chi connectivity index (χ2v) is 8.65. The maximum absolute atomic E-state index is 12.0. The molecule has 3 fully saturated rings. The van der Waals surface area contributed by atoms with Crippen molar-refractivity contribution in [2.45, 2.75) is 37.8 Å². The van der Waals surface area contributed by atoms with Crippen LogP contribution in [-0.4, -0.2) is 49.8 Å². The summed E-state index contributed by atoms with van der Waals surface area (Å²) in [5.74, 6) is 1.36. The molecule has 5 atom stereocenters. The second-order valence-electron chi connectivity index (χ2n) is 6.42. The van der Waals surface area contributed by atoms with Crippen LogP contribution in [0.5, 0.6) is 0 Å². The van der Waals surface area contributed by atoms with Crippen molar-refractivity contribution < 1.29 is 18.3 Å². The average Bonchev–Trinajstić information content (AvgIpc) is 3.04. The number of amides is 2. The quantitative estimate of drug-likeness (QED) is 0.677. The molecule has 0 aromatic rings. The van der Waals surface area contributed by atoms with E-state index in [1.54, 1.807) is 0 Å². The predicted molar refractivity (Wildman–Crippen MR) is 73.9 cm³/mol. The zero-order valence-electron chi connectivity index (χ0n) is 11.4. The minimum absolute atomic E-state index is 0.0387. The van der Waals surface area contributed by atoms with E-state index in [0.717, 1.165) is 19.3 Å². The molecule has 3 aliphatic rings. The van der Waals surface area contributed by atoms with Crippen molar-refractivity contribution in [2.24, 2.45) is 17.8 Å². The SMILES string of the molecule is O=C(N[C@@H]1CCS(=O)(=O)C1)N[C@@H]1[C@H]2CC[C@@H](C2)[C@@H]1CO. The minimum atomic E-state index is -2.97. The molecule has 2 saturated carbocycles. The average molecular weight is 302 g/mol. The number of carbonyl (C=O) groups is 1. The molecular formula is C13H22N2O4S. The third-order valence-electron chi connectivity index (χ3n) is 5.16. The molecule has 1 saturated heterocycles. The van der Waals surface area contributed by atoms with E-state index < -0.39 is 9.84 Å². The van der Waals surface area contributed by atoms with Gasteiger partial charge in [0.1, 0.15) is 0 Å². The number of nitrogens with one attached hydrogen (secondary N) is 2. The van der Waals surface area contributed by atoms with Gasteiger partial charge in [-0.25, -0.2) is 13.2 Å². The maximum atomic E-state index is 12.0. The van der Waals surface area contributed by atoms with E-state index in [2.05, 4.69) is 10.6 Å². The molecule has 7 heteroatoms. The first-order chi connectivity index (χ1) is 9.48. The predicted octanol–water partition coefficient (Wildman–Crippen LogP) is -0.120. The number of hydrogen-bond acceptors (Lipinski definition) is 4. The Morgan fingerprint density at radius 3 is 2.55 bits per heavy atom. The van der Waals surface area contributed by atoms with Gasteiger partial charge in [-0.05, 0) is 37.5 Å². The zero-order valence-corrected chi connectivity index (χ0v) is 12.2. The van der Waals surface area contributed by atoms with Crippen molar-refractivity contribution in [2.75, 3.05) is 18.1 Å². The zero-order chi connectivity index (χ0) is 14.3. The van der Waals surface area contributed by atoms with Crippen molar-refractivity contribution in [1.29, 1.82) is 0 Å². The number of hydrogen-bond donors (Lipinski definition) is 3. The van der Waals surface area contributed by atoms with Crippen LogP contribution in [0, 0.1) is 17.8 Å².